The summed E-state index contributed by atoms with van der Waals surface area (Å²) >= 11 is 0. The lowest BCUT2D eigenvalue weighted by Gasteiger charge is -2.18. The van der Waals surface area contributed by atoms with E-state index >= 15 is 0 Å². The average Bonchev–Trinajstić information content (AvgIpc) is 2.92. The summed E-state index contributed by atoms with van der Waals surface area (Å²) in [5.74, 6) is -2.75. The Labute approximate surface area is 150 Å². The van der Waals surface area contributed by atoms with Crippen LogP contribution in [-0.2, 0) is 9.59 Å². The zero-order valence-electron chi connectivity index (χ0n) is 14.9. The van der Waals surface area contributed by atoms with E-state index in [2.05, 4.69) is 5.32 Å². The summed E-state index contributed by atoms with van der Waals surface area (Å²) in [6.45, 7) is 5.87. The molecule has 0 saturated carbocycles. The molecule has 3 rings (SSSR count). The molecular weight excluding hydrogens is 338 g/mol. The topological polar surface area (TPSA) is 49.4 Å². The number of nitrogens with zero attached hydrogens (tertiary/aromatic N) is 1. The number of carbonyl (C=O) groups is 2. The van der Waals surface area contributed by atoms with Crippen LogP contribution in [0.15, 0.2) is 30.3 Å². The van der Waals surface area contributed by atoms with Gasteiger partial charge in [0.1, 0.15) is 11.6 Å². The molecule has 1 aliphatic heterocycles. The highest BCUT2D eigenvalue weighted by atomic mass is 19.1. The van der Waals surface area contributed by atoms with Gasteiger partial charge in [-0.25, -0.2) is 8.78 Å². The van der Waals surface area contributed by atoms with Crippen molar-refractivity contribution >= 4 is 23.2 Å². The molecule has 1 heterocycles. The number of halogens is 2. The third kappa shape index (κ3) is 3.45. The molecule has 2 amide bonds. The zero-order valence-corrected chi connectivity index (χ0v) is 14.9. The third-order valence-electron chi connectivity index (χ3n) is 4.62. The van der Waals surface area contributed by atoms with Crippen LogP contribution in [0.25, 0.3) is 0 Å². The van der Waals surface area contributed by atoms with E-state index in [4.69, 9.17) is 0 Å². The van der Waals surface area contributed by atoms with Crippen molar-refractivity contribution in [1.82, 2.24) is 0 Å². The molecule has 1 aliphatic rings. The second-order valence-corrected chi connectivity index (χ2v) is 6.76. The van der Waals surface area contributed by atoms with Crippen molar-refractivity contribution in [3.8, 4) is 0 Å². The van der Waals surface area contributed by atoms with Crippen LogP contribution in [0.4, 0.5) is 20.2 Å². The Balaban J connectivity index is 1.77. The van der Waals surface area contributed by atoms with E-state index < -0.39 is 17.6 Å². The Morgan fingerprint density at radius 2 is 1.77 bits per heavy atom. The van der Waals surface area contributed by atoms with E-state index in [1.54, 1.807) is 0 Å². The molecule has 0 radical (unpaired) electrons. The van der Waals surface area contributed by atoms with Gasteiger partial charge in [-0.1, -0.05) is 17.7 Å². The first-order valence-corrected chi connectivity index (χ1v) is 8.40. The number of nitrogens with one attached hydrogen (secondary N) is 1. The summed E-state index contributed by atoms with van der Waals surface area (Å²) in [6.07, 6.45) is -0.00733. The van der Waals surface area contributed by atoms with Crippen LogP contribution in [0.2, 0.25) is 0 Å². The van der Waals surface area contributed by atoms with Crippen LogP contribution in [0.1, 0.15) is 23.1 Å². The molecule has 26 heavy (non-hydrogen) atoms. The Hall–Kier alpha value is -2.76. The van der Waals surface area contributed by atoms with E-state index in [0.717, 1.165) is 34.5 Å². The quantitative estimate of drug-likeness (QED) is 0.905. The molecule has 2 aromatic carbocycles. The normalized spacial score (nSPS) is 16.9. The van der Waals surface area contributed by atoms with Crippen LogP contribution in [0.5, 0.6) is 0 Å². The van der Waals surface area contributed by atoms with Crippen LogP contribution < -0.4 is 10.2 Å². The van der Waals surface area contributed by atoms with Crippen molar-refractivity contribution < 1.29 is 18.4 Å². The second-order valence-electron chi connectivity index (χ2n) is 6.76. The molecule has 0 spiro atoms. The Morgan fingerprint density at radius 1 is 1.12 bits per heavy atom. The maximum absolute atomic E-state index is 14.0. The molecule has 0 aliphatic carbocycles. The molecule has 1 saturated heterocycles. The van der Waals surface area contributed by atoms with Gasteiger partial charge in [-0.15, -0.1) is 0 Å². The Bertz CT molecular complexity index is 872. The van der Waals surface area contributed by atoms with Gasteiger partial charge in [-0.2, -0.15) is 0 Å². The van der Waals surface area contributed by atoms with Gasteiger partial charge in [0.25, 0.3) is 0 Å². The van der Waals surface area contributed by atoms with Crippen LogP contribution in [0.3, 0.4) is 0 Å². The van der Waals surface area contributed by atoms with E-state index in [0.29, 0.717) is 0 Å². The van der Waals surface area contributed by atoms with Crippen LogP contribution >= 0.6 is 0 Å². The smallest absolute Gasteiger partial charge is 0.229 e. The minimum atomic E-state index is -0.815. The number of aryl methyl sites for hydroxylation is 3. The molecule has 0 aromatic heterocycles. The summed E-state index contributed by atoms with van der Waals surface area (Å²) in [7, 11) is 0. The number of anilines is 2. The van der Waals surface area contributed by atoms with E-state index in [9.17, 15) is 18.4 Å². The zero-order chi connectivity index (χ0) is 19.0. The molecular formula is C20H20F2N2O2. The number of amides is 2. The number of benzene rings is 2. The molecule has 1 unspecified atom stereocenters. The molecule has 2 aromatic rings. The lowest BCUT2D eigenvalue weighted by atomic mass is 10.0. The summed E-state index contributed by atoms with van der Waals surface area (Å²) in [6, 6.07) is 7.00. The number of hydrogen-bond acceptors (Lipinski definition) is 2. The molecule has 1 atom stereocenters. The van der Waals surface area contributed by atoms with Crippen molar-refractivity contribution in [2.75, 3.05) is 16.8 Å². The van der Waals surface area contributed by atoms with Gasteiger partial charge in [-0.3, -0.25) is 9.59 Å². The van der Waals surface area contributed by atoms with Gasteiger partial charge in [0.2, 0.25) is 11.8 Å². The Kier molecular flexibility index (Phi) is 4.76. The van der Waals surface area contributed by atoms with Gasteiger partial charge in [0, 0.05) is 24.7 Å². The highest BCUT2D eigenvalue weighted by Crippen LogP contribution is 2.29. The van der Waals surface area contributed by atoms with Gasteiger partial charge in [0.05, 0.1) is 11.6 Å². The number of carbonyl (C=O) groups excluding carboxylic acids is 2. The first-order chi connectivity index (χ1) is 12.3. The van der Waals surface area contributed by atoms with Gasteiger partial charge < -0.3 is 10.2 Å². The maximum atomic E-state index is 14.0. The van der Waals surface area contributed by atoms with Gasteiger partial charge >= 0.3 is 0 Å². The highest BCUT2D eigenvalue weighted by molar-refractivity contribution is 6.04. The fraction of sp³-hybridized carbons (Fsp3) is 0.300. The minimum absolute atomic E-state index is 0.00519. The summed E-state index contributed by atoms with van der Waals surface area (Å²) < 4.78 is 27.0. The molecule has 6 heteroatoms. The van der Waals surface area contributed by atoms with E-state index in [-0.39, 0.29) is 30.5 Å². The van der Waals surface area contributed by atoms with Crippen LogP contribution in [-0.4, -0.2) is 18.4 Å². The van der Waals surface area contributed by atoms with Gasteiger partial charge in [-0.05, 0) is 44.0 Å². The predicted molar refractivity (Wildman–Crippen MR) is 96.1 cm³/mol. The van der Waals surface area contributed by atoms with Crippen LogP contribution in [0, 0.1) is 38.3 Å². The number of hydrogen-bond donors (Lipinski definition) is 1. The summed E-state index contributed by atoms with van der Waals surface area (Å²) in [4.78, 5) is 26.1. The minimum Gasteiger partial charge on any atom is -0.325 e. The monoisotopic (exact) mass is 358 g/mol. The fourth-order valence-corrected chi connectivity index (χ4v) is 3.42. The average molecular weight is 358 g/mol. The second kappa shape index (κ2) is 6.86. The van der Waals surface area contributed by atoms with Crippen molar-refractivity contribution in [2.24, 2.45) is 5.92 Å². The van der Waals surface area contributed by atoms with Crippen molar-refractivity contribution in [3.63, 3.8) is 0 Å². The molecule has 4 nitrogen and oxygen atoms in total. The lowest BCUT2D eigenvalue weighted by molar-refractivity contribution is -0.122. The van der Waals surface area contributed by atoms with Gasteiger partial charge in [0.15, 0.2) is 0 Å². The first-order valence-electron chi connectivity index (χ1n) is 8.40. The standard InChI is InChI=1S/C20H20F2N2O2/c1-11-6-12(2)19(13(3)7-11)23-20(26)14-8-18(25)24(10-14)17-5-4-15(21)9-16(17)22/h4-7,9,14H,8,10H2,1-3H3,(H,23,26). The third-order valence-corrected chi connectivity index (χ3v) is 4.62. The fourth-order valence-electron chi connectivity index (χ4n) is 3.42. The molecule has 1 N–H and O–H groups in total. The van der Waals surface area contributed by atoms with Crippen molar-refractivity contribution in [2.45, 2.75) is 27.2 Å². The summed E-state index contributed by atoms with van der Waals surface area (Å²) in [5.41, 5.74) is 3.73. The molecule has 0 bridgehead atoms. The lowest BCUT2D eigenvalue weighted by Crippen LogP contribution is -2.29. The predicted octanol–water partition coefficient (Wildman–Crippen LogP) is 3.88. The maximum Gasteiger partial charge on any atom is 0.229 e. The largest absolute Gasteiger partial charge is 0.325 e. The number of rotatable bonds is 3. The van der Waals surface area contributed by atoms with E-state index in [1.165, 1.54) is 11.0 Å². The van der Waals surface area contributed by atoms with Crippen molar-refractivity contribution in [1.29, 1.82) is 0 Å². The highest BCUT2D eigenvalue weighted by Gasteiger charge is 2.36. The first kappa shape index (κ1) is 18.0. The Morgan fingerprint density at radius 3 is 2.38 bits per heavy atom. The molecule has 1 fully saturated rings. The van der Waals surface area contributed by atoms with E-state index in [1.807, 2.05) is 32.9 Å². The SMILES string of the molecule is Cc1cc(C)c(NC(=O)C2CC(=O)N(c3ccc(F)cc3F)C2)c(C)c1. The molecule has 136 valence electrons. The summed E-state index contributed by atoms with van der Waals surface area (Å²) in [5, 5.41) is 2.89. The van der Waals surface area contributed by atoms with Crippen molar-refractivity contribution in [3.05, 3.63) is 58.7 Å².